The lowest BCUT2D eigenvalue weighted by molar-refractivity contribution is 0.309. The zero-order valence-electron chi connectivity index (χ0n) is 11.4. The highest BCUT2D eigenvalue weighted by Gasteiger charge is 2.25. The summed E-state index contributed by atoms with van der Waals surface area (Å²) < 4.78 is 15.8. The summed E-state index contributed by atoms with van der Waals surface area (Å²) in [6.07, 6.45) is 8.29. The number of benzene rings is 1. The van der Waals surface area contributed by atoms with E-state index in [0.29, 0.717) is 11.4 Å². The van der Waals surface area contributed by atoms with E-state index in [2.05, 4.69) is 0 Å². The predicted octanol–water partition coefficient (Wildman–Crippen LogP) is 3.90. The van der Waals surface area contributed by atoms with Crippen LogP contribution >= 0.6 is 0 Å². The number of para-hydroxylation sites is 1. The lowest BCUT2D eigenvalue weighted by Gasteiger charge is -2.27. The van der Waals surface area contributed by atoms with E-state index in [1.54, 1.807) is 6.07 Å². The molecule has 1 unspecified atom stereocenters. The Labute approximate surface area is 113 Å². The van der Waals surface area contributed by atoms with Crippen LogP contribution in [0.5, 0.6) is 0 Å². The Morgan fingerprint density at radius 1 is 1.26 bits per heavy atom. The average molecular weight is 260 g/mol. The van der Waals surface area contributed by atoms with Crippen molar-refractivity contribution in [3.05, 3.63) is 35.8 Å². The molecule has 1 aromatic carbocycles. The summed E-state index contributed by atoms with van der Waals surface area (Å²) in [5, 5.41) is 0.973. The number of fused-ring (bicyclic) bond motifs is 1. The van der Waals surface area contributed by atoms with Gasteiger partial charge < -0.3 is 10.3 Å². The molecule has 0 radical (unpaired) electrons. The molecule has 3 rings (SSSR count). The second-order valence-electron chi connectivity index (χ2n) is 5.76. The molecule has 1 fully saturated rings. The molecule has 1 atom stereocenters. The van der Waals surface area contributed by atoms with Crippen molar-refractivity contribution in [2.75, 3.05) is 0 Å². The van der Waals surface area contributed by atoms with Crippen molar-refractivity contribution >= 4 is 10.9 Å². The van der Waals surface area contributed by atoms with Crippen LogP contribution in [-0.2, 0) is 7.05 Å². The molecule has 19 heavy (non-hydrogen) atoms. The fourth-order valence-corrected chi connectivity index (χ4v) is 3.46. The summed E-state index contributed by atoms with van der Waals surface area (Å²) in [6.45, 7) is 0. The molecule has 0 bridgehead atoms. The maximum Gasteiger partial charge on any atom is 0.147 e. The Morgan fingerprint density at radius 3 is 2.74 bits per heavy atom. The highest BCUT2D eigenvalue weighted by atomic mass is 19.1. The van der Waals surface area contributed by atoms with Gasteiger partial charge in [0.1, 0.15) is 5.82 Å². The Bertz CT molecular complexity index is 582. The average Bonchev–Trinajstić information content (AvgIpc) is 2.78. The van der Waals surface area contributed by atoms with Crippen molar-refractivity contribution in [2.45, 2.75) is 38.1 Å². The van der Waals surface area contributed by atoms with Crippen LogP contribution in [0.2, 0.25) is 0 Å². The molecule has 1 saturated carbocycles. The van der Waals surface area contributed by atoms with Gasteiger partial charge in [-0.25, -0.2) is 4.39 Å². The Balaban J connectivity index is 2.02. The third-order valence-corrected chi connectivity index (χ3v) is 4.50. The quantitative estimate of drug-likeness (QED) is 0.872. The zero-order valence-corrected chi connectivity index (χ0v) is 11.4. The van der Waals surface area contributed by atoms with E-state index < -0.39 is 0 Å². The molecular weight excluding hydrogens is 239 g/mol. The van der Waals surface area contributed by atoms with Crippen LogP contribution in [0.1, 0.15) is 43.7 Å². The molecule has 0 saturated heterocycles. The van der Waals surface area contributed by atoms with Gasteiger partial charge >= 0.3 is 0 Å². The molecule has 3 heteroatoms. The van der Waals surface area contributed by atoms with Crippen LogP contribution in [0.3, 0.4) is 0 Å². The second kappa shape index (κ2) is 4.97. The van der Waals surface area contributed by atoms with Gasteiger partial charge in [0, 0.05) is 24.7 Å². The van der Waals surface area contributed by atoms with Gasteiger partial charge in [-0.1, -0.05) is 31.4 Å². The van der Waals surface area contributed by atoms with Gasteiger partial charge in [0.2, 0.25) is 0 Å². The lowest BCUT2D eigenvalue weighted by atomic mass is 9.81. The van der Waals surface area contributed by atoms with E-state index in [9.17, 15) is 4.39 Å². The van der Waals surface area contributed by atoms with E-state index in [1.807, 2.05) is 23.9 Å². The van der Waals surface area contributed by atoms with Crippen LogP contribution in [0, 0.1) is 11.7 Å². The fourth-order valence-electron chi connectivity index (χ4n) is 3.46. The van der Waals surface area contributed by atoms with E-state index in [4.69, 9.17) is 5.73 Å². The van der Waals surface area contributed by atoms with Gasteiger partial charge in [-0.3, -0.25) is 0 Å². The van der Waals surface area contributed by atoms with Gasteiger partial charge in [-0.05, 0) is 30.4 Å². The second-order valence-corrected chi connectivity index (χ2v) is 5.76. The molecule has 1 aromatic heterocycles. The van der Waals surface area contributed by atoms with E-state index in [-0.39, 0.29) is 11.9 Å². The minimum Gasteiger partial charge on any atom is -0.348 e. The number of halogens is 1. The first kappa shape index (κ1) is 12.7. The molecule has 1 heterocycles. The smallest absolute Gasteiger partial charge is 0.147 e. The number of hydrogen-bond donors (Lipinski definition) is 1. The molecule has 0 amide bonds. The molecular formula is C16H21FN2. The lowest BCUT2D eigenvalue weighted by Crippen LogP contribution is -2.23. The molecule has 1 aliphatic rings. The third-order valence-electron chi connectivity index (χ3n) is 4.50. The van der Waals surface area contributed by atoms with Crippen LogP contribution in [0.25, 0.3) is 10.9 Å². The van der Waals surface area contributed by atoms with E-state index >= 15 is 0 Å². The number of rotatable bonds is 2. The van der Waals surface area contributed by atoms with Gasteiger partial charge in [0.15, 0.2) is 0 Å². The summed E-state index contributed by atoms with van der Waals surface area (Å²) in [4.78, 5) is 0. The molecule has 2 aromatic rings. The number of hydrogen-bond acceptors (Lipinski definition) is 1. The summed E-state index contributed by atoms with van der Waals surface area (Å²) in [5.74, 6) is 0.379. The van der Waals surface area contributed by atoms with Crippen LogP contribution < -0.4 is 5.73 Å². The summed E-state index contributed by atoms with van der Waals surface area (Å²) in [7, 11) is 1.89. The van der Waals surface area contributed by atoms with Crippen molar-refractivity contribution in [2.24, 2.45) is 18.7 Å². The Kier molecular flexibility index (Phi) is 3.31. The van der Waals surface area contributed by atoms with Crippen molar-refractivity contribution in [3.8, 4) is 0 Å². The molecule has 2 N–H and O–H groups in total. The molecule has 2 nitrogen and oxygen atoms in total. The Hall–Kier alpha value is -1.35. The fraction of sp³-hybridized carbons (Fsp3) is 0.500. The first-order chi connectivity index (χ1) is 9.18. The van der Waals surface area contributed by atoms with Gasteiger partial charge in [0.05, 0.1) is 5.52 Å². The maximum atomic E-state index is 13.9. The van der Waals surface area contributed by atoms with Crippen LogP contribution in [0.15, 0.2) is 24.4 Å². The first-order valence-corrected chi connectivity index (χ1v) is 7.17. The largest absolute Gasteiger partial charge is 0.348 e. The van der Waals surface area contributed by atoms with Crippen molar-refractivity contribution in [3.63, 3.8) is 0 Å². The van der Waals surface area contributed by atoms with Crippen molar-refractivity contribution in [1.29, 1.82) is 0 Å². The minimum atomic E-state index is -0.165. The highest BCUT2D eigenvalue weighted by Crippen LogP contribution is 2.36. The van der Waals surface area contributed by atoms with E-state index in [1.165, 1.54) is 38.2 Å². The number of aromatic nitrogens is 1. The minimum absolute atomic E-state index is 0.0331. The predicted molar refractivity (Wildman–Crippen MR) is 76.4 cm³/mol. The zero-order chi connectivity index (χ0) is 13.4. The number of aryl methyl sites for hydroxylation is 1. The van der Waals surface area contributed by atoms with Gasteiger partial charge in [-0.2, -0.15) is 0 Å². The summed E-state index contributed by atoms with van der Waals surface area (Å²) in [6, 6.07) is 5.30. The topological polar surface area (TPSA) is 30.9 Å². The van der Waals surface area contributed by atoms with Crippen molar-refractivity contribution in [1.82, 2.24) is 4.57 Å². The third kappa shape index (κ3) is 2.16. The standard InChI is InChI=1S/C16H21FN2/c1-19-10-13(12-8-5-9-14(17)16(12)19)15(18)11-6-3-2-4-7-11/h5,8-11,15H,2-4,6-7,18H2,1H3. The molecule has 1 aliphatic carbocycles. The first-order valence-electron chi connectivity index (χ1n) is 7.17. The molecule has 0 aliphatic heterocycles. The van der Waals surface area contributed by atoms with Crippen LogP contribution in [0.4, 0.5) is 4.39 Å². The SMILES string of the molecule is Cn1cc(C(N)C2CCCCC2)c2cccc(F)c21. The summed E-state index contributed by atoms with van der Waals surface area (Å²) in [5.41, 5.74) is 8.23. The number of nitrogens with zero attached hydrogens (tertiary/aromatic N) is 1. The van der Waals surface area contributed by atoms with Crippen LogP contribution in [-0.4, -0.2) is 4.57 Å². The Morgan fingerprint density at radius 2 is 2.00 bits per heavy atom. The molecule has 102 valence electrons. The van der Waals surface area contributed by atoms with Gasteiger partial charge in [0.25, 0.3) is 0 Å². The molecule has 0 spiro atoms. The van der Waals surface area contributed by atoms with E-state index in [0.717, 1.165) is 10.9 Å². The highest BCUT2D eigenvalue weighted by molar-refractivity contribution is 5.85. The van der Waals surface area contributed by atoms with Crippen molar-refractivity contribution < 1.29 is 4.39 Å². The number of nitrogens with two attached hydrogens (primary N) is 1. The van der Waals surface area contributed by atoms with Gasteiger partial charge in [-0.15, -0.1) is 0 Å². The maximum absolute atomic E-state index is 13.9. The normalized spacial score (nSPS) is 18.9. The summed E-state index contributed by atoms with van der Waals surface area (Å²) >= 11 is 0. The monoisotopic (exact) mass is 260 g/mol.